The van der Waals surface area contributed by atoms with Crippen molar-refractivity contribution in [1.82, 2.24) is 4.31 Å². The summed E-state index contributed by atoms with van der Waals surface area (Å²) in [6.07, 6.45) is 0. The molecule has 0 heterocycles. The standard InChI is InChI=1S/C22H24N2O4S2/c1-18-9-7-12-20(15-18)24(17-19-10-5-4-6-11-19)30(27,28)22-14-8-13-21(16-22)29(25,26)23(2)3/h4-16H,17H2,1-3H3. The molecule has 0 radical (unpaired) electrons. The van der Waals surface area contributed by atoms with Crippen LogP contribution in [0.25, 0.3) is 0 Å². The Bertz CT molecular complexity index is 1240. The first-order valence-corrected chi connectivity index (χ1v) is 12.2. The average Bonchev–Trinajstić information content (AvgIpc) is 2.72. The molecule has 6 nitrogen and oxygen atoms in total. The number of benzene rings is 3. The van der Waals surface area contributed by atoms with Gasteiger partial charge in [-0.3, -0.25) is 4.31 Å². The average molecular weight is 445 g/mol. The zero-order chi connectivity index (χ0) is 21.9. The molecule has 30 heavy (non-hydrogen) atoms. The Morgan fingerprint density at radius 1 is 0.700 bits per heavy atom. The lowest BCUT2D eigenvalue weighted by molar-refractivity contribution is 0.520. The topological polar surface area (TPSA) is 74.8 Å². The molecule has 3 rings (SSSR count). The molecule has 3 aromatic rings. The third-order valence-electron chi connectivity index (χ3n) is 4.63. The first kappa shape index (κ1) is 22.0. The van der Waals surface area contributed by atoms with Gasteiger partial charge in [-0.1, -0.05) is 48.5 Å². The molecule has 0 aliphatic heterocycles. The molecule has 0 aliphatic rings. The number of anilines is 1. The Balaban J connectivity index is 2.13. The summed E-state index contributed by atoms with van der Waals surface area (Å²) in [6, 6.07) is 21.9. The third kappa shape index (κ3) is 4.56. The van der Waals surface area contributed by atoms with Gasteiger partial charge in [0.2, 0.25) is 10.0 Å². The molecular formula is C22H24N2O4S2. The lowest BCUT2D eigenvalue weighted by Gasteiger charge is -2.25. The largest absolute Gasteiger partial charge is 0.264 e. The Kier molecular flexibility index (Phi) is 6.30. The van der Waals surface area contributed by atoms with E-state index in [1.165, 1.54) is 42.7 Å². The Hall–Kier alpha value is -2.68. The van der Waals surface area contributed by atoms with Crippen molar-refractivity contribution in [2.24, 2.45) is 0 Å². The van der Waals surface area contributed by atoms with Crippen LogP contribution >= 0.6 is 0 Å². The molecule has 3 aromatic carbocycles. The van der Waals surface area contributed by atoms with Gasteiger partial charge in [0.1, 0.15) is 0 Å². The van der Waals surface area contributed by atoms with Crippen LogP contribution in [-0.2, 0) is 26.6 Å². The number of nitrogens with zero attached hydrogens (tertiary/aromatic N) is 2. The smallest absolute Gasteiger partial charge is 0.262 e. The second-order valence-electron chi connectivity index (χ2n) is 7.10. The fraction of sp³-hybridized carbons (Fsp3) is 0.182. The Morgan fingerprint density at radius 3 is 1.90 bits per heavy atom. The summed E-state index contributed by atoms with van der Waals surface area (Å²) in [7, 11) is -4.98. The molecule has 0 atom stereocenters. The fourth-order valence-electron chi connectivity index (χ4n) is 2.98. The summed E-state index contributed by atoms with van der Waals surface area (Å²) in [6.45, 7) is 2.01. The van der Waals surface area contributed by atoms with Crippen LogP contribution < -0.4 is 4.31 Å². The lowest BCUT2D eigenvalue weighted by atomic mass is 10.2. The Labute approximate surface area is 178 Å². The SMILES string of the molecule is Cc1cccc(N(Cc2ccccc2)S(=O)(=O)c2cccc(S(=O)(=O)N(C)C)c2)c1. The maximum Gasteiger partial charge on any atom is 0.264 e. The van der Waals surface area contributed by atoms with E-state index in [1.807, 2.05) is 43.3 Å². The van der Waals surface area contributed by atoms with E-state index in [2.05, 4.69) is 0 Å². The van der Waals surface area contributed by atoms with Crippen molar-refractivity contribution in [3.05, 3.63) is 90.0 Å². The minimum atomic E-state index is -4.03. The van der Waals surface area contributed by atoms with Crippen LogP contribution in [0.2, 0.25) is 0 Å². The monoisotopic (exact) mass is 444 g/mol. The van der Waals surface area contributed by atoms with E-state index in [0.29, 0.717) is 5.69 Å². The van der Waals surface area contributed by atoms with E-state index in [-0.39, 0.29) is 16.3 Å². The van der Waals surface area contributed by atoms with Crippen LogP contribution in [0.3, 0.4) is 0 Å². The van der Waals surface area contributed by atoms with Gasteiger partial charge in [-0.25, -0.2) is 21.1 Å². The van der Waals surface area contributed by atoms with Gasteiger partial charge in [-0.05, 0) is 48.4 Å². The highest BCUT2D eigenvalue weighted by molar-refractivity contribution is 7.93. The molecule has 0 amide bonds. The van der Waals surface area contributed by atoms with Gasteiger partial charge in [0.15, 0.2) is 0 Å². The highest BCUT2D eigenvalue weighted by Crippen LogP contribution is 2.28. The van der Waals surface area contributed by atoms with Gasteiger partial charge >= 0.3 is 0 Å². The normalized spacial score (nSPS) is 12.1. The summed E-state index contributed by atoms with van der Waals surface area (Å²) >= 11 is 0. The summed E-state index contributed by atoms with van der Waals surface area (Å²) in [5.41, 5.74) is 2.25. The highest BCUT2D eigenvalue weighted by Gasteiger charge is 2.27. The van der Waals surface area contributed by atoms with Crippen molar-refractivity contribution in [3.8, 4) is 0 Å². The second kappa shape index (κ2) is 8.59. The molecule has 8 heteroatoms. The Morgan fingerprint density at radius 2 is 1.30 bits per heavy atom. The highest BCUT2D eigenvalue weighted by atomic mass is 32.2. The molecule has 0 fully saturated rings. The number of hydrogen-bond acceptors (Lipinski definition) is 4. The van der Waals surface area contributed by atoms with Gasteiger partial charge in [0, 0.05) is 14.1 Å². The molecular weight excluding hydrogens is 420 g/mol. The molecule has 158 valence electrons. The van der Waals surface area contributed by atoms with Crippen LogP contribution in [0, 0.1) is 6.92 Å². The quantitative estimate of drug-likeness (QED) is 0.558. The number of aryl methyl sites for hydroxylation is 1. The molecule has 0 spiro atoms. The van der Waals surface area contributed by atoms with Crippen molar-refractivity contribution in [2.75, 3.05) is 18.4 Å². The van der Waals surface area contributed by atoms with Crippen LogP contribution in [-0.4, -0.2) is 35.2 Å². The zero-order valence-electron chi connectivity index (χ0n) is 17.1. The van der Waals surface area contributed by atoms with E-state index in [9.17, 15) is 16.8 Å². The molecule has 0 N–H and O–H groups in total. The first-order valence-electron chi connectivity index (χ1n) is 9.28. The maximum absolute atomic E-state index is 13.6. The summed E-state index contributed by atoms with van der Waals surface area (Å²) in [5, 5.41) is 0. The fourth-order valence-corrected chi connectivity index (χ4v) is 5.49. The molecule has 0 aromatic heterocycles. The first-order chi connectivity index (χ1) is 14.1. The molecule has 0 aliphatic carbocycles. The van der Waals surface area contributed by atoms with Crippen molar-refractivity contribution in [1.29, 1.82) is 0 Å². The summed E-state index contributed by atoms with van der Waals surface area (Å²) in [5.74, 6) is 0. The van der Waals surface area contributed by atoms with Crippen LogP contribution in [0.5, 0.6) is 0 Å². The third-order valence-corrected chi connectivity index (χ3v) is 8.21. The number of rotatable bonds is 7. The van der Waals surface area contributed by atoms with E-state index in [0.717, 1.165) is 15.4 Å². The van der Waals surface area contributed by atoms with Crippen molar-refractivity contribution in [3.63, 3.8) is 0 Å². The van der Waals surface area contributed by atoms with E-state index >= 15 is 0 Å². The molecule has 0 saturated heterocycles. The second-order valence-corrected chi connectivity index (χ2v) is 11.1. The van der Waals surface area contributed by atoms with Gasteiger partial charge in [0.25, 0.3) is 10.0 Å². The van der Waals surface area contributed by atoms with Gasteiger partial charge in [0.05, 0.1) is 22.0 Å². The van der Waals surface area contributed by atoms with E-state index < -0.39 is 20.0 Å². The zero-order valence-corrected chi connectivity index (χ0v) is 18.7. The van der Waals surface area contributed by atoms with Gasteiger partial charge in [-0.2, -0.15) is 0 Å². The predicted octanol–water partition coefficient (Wildman–Crippen LogP) is 3.64. The summed E-state index contributed by atoms with van der Waals surface area (Å²) < 4.78 is 54.6. The minimum Gasteiger partial charge on any atom is -0.262 e. The minimum absolute atomic E-state index is 0.0718. The summed E-state index contributed by atoms with van der Waals surface area (Å²) in [4.78, 5) is -0.152. The van der Waals surface area contributed by atoms with Crippen molar-refractivity contribution in [2.45, 2.75) is 23.3 Å². The van der Waals surface area contributed by atoms with Crippen molar-refractivity contribution < 1.29 is 16.8 Å². The predicted molar refractivity (Wildman–Crippen MR) is 118 cm³/mol. The van der Waals surface area contributed by atoms with Gasteiger partial charge < -0.3 is 0 Å². The number of hydrogen-bond donors (Lipinski definition) is 0. The van der Waals surface area contributed by atoms with Crippen LogP contribution in [0.4, 0.5) is 5.69 Å². The van der Waals surface area contributed by atoms with Crippen LogP contribution in [0.1, 0.15) is 11.1 Å². The van der Waals surface area contributed by atoms with Gasteiger partial charge in [-0.15, -0.1) is 0 Å². The van der Waals surface area contributed by atoms with E-state index in [1.54, 1.807) is 18.2 Å². The molecule has 0 saturated carbocycles. The van der Waals surface area contributed by atoms with Crippen molar-refractivity contribution >= 4 is 25.7 Å². The molecule has 0 bridgehead atoms. The van der Waals surface area contributed by atoms with Crippen LogP contribution in [0.15, 0.2) is 88.7 Å². The molecule has 0 unspecified atom stereocenters. The number of sulfonamides is 2. The maximum atomic E-state index is 13.6. The van der Waals surface area contributed by atoms with E-state index in [4.69, 9.17) is 0 Å². The lowest BCUT2D eigenvalue weighted by Crippen LogP contribution is -2.31.